The van der Waals surface area contributed by atoms with Gasteiger partial charge in [0.05, 0.1) is 6.54 Å². The zero-order valence-electron chi connectivity index (χ0n) is 17.5. The summed E-state index contributed by atoms with van der Waals surface area (Å²) in [5.74, 6) is 0.704. The molecule has 1 heterocycles. The van der Waals surface area contributed by atoms with Crippen LogP contribution in [-0.4, -0.2) is 42.3 Å². The number of unbranched alkanes of at least 4 members (excludes halogenated alkanes) is 1. The van der Waals surface area contributed by atoms with Gasteiger partial charge in [0.1, 0.15) is 10.6 Å². The maximum absolute atomic E-state index is 11.9. The second-order valence-corrected chi connectivity index (χ2v) is 8.57. The number of hydrogen-bond donors (Lipinski definition) is 3. The monoisotopic (exact) mass is 397 g/mol. The Morgan fingerprint density at radius 3 is 2.63 bits per heavy atom. The Balaban J connectivity index is 2.54. The molecule has 0 aromatic carbocycles. The Bertz CT molecular complexity index is 595. The lowest BCUT2D eigenvalue weighted by Crippen LogP contribution is -2.48. The molecule has 0 aliphatic rings. The van der Waals surface area contributed by atoms with Gasteiger partial charge >= 0.3 is 6.09 Å². The van der Waals surface area contributed by atoms with Gasteiger partial charge in [-0.25, -0.2) is 9.78 Å². The molecule has 1 amide bonds. The van der Waals surface area contributed by atoms with Gasteiger partial charge in [-0.15, -0.1) is 11.3 Å². The Morgan fingerprint density at radius 2 is 2.07 bits per heavy atom. The second-order valence-electron chi connectivity index (χ2n) is 7.37. The molecule has 154 valence electrons. The zero-order valence-corrected chi connectivity index (χ0v) is 18.3. The lowest BCUT2D eigenvalue weighted by atomic mass is 10.1. The smallest absolute Gasteiger partial charge is 0.407 e. The first-order chi connectivity index (χ1) is 12.8. The van der Waals surface area contributed by atoms with E-state index in [1.807, 2.05) is 27.0 Å². The van der Waals surface area contributed by atoms with Crippen LogP contribution in [0.3, 0.4) is 0 Å². The van der Waals surface area contributed by atoms with Crippen molar-refractivity contribution in [3.05, 3.63) is 16.1 Å². The van der Waals surface area contributed by atoms with Crippen LogP contribution in [-0.2, 0) is 17.7 Å². The van der Waals surface area contributed by atoms with Crippen molar-refractivity contribution >= 4 is 23.4 Å². The van der Waals surface area contributed by atoms with Crippen molar-refractivity contribution in [2.75, 3.05) is 13.6 Å². The highest BCUT2D eigenvalue weighted by atomic mass is 32.1. The summed E-state index contributed by atoms with van der Waals surface area (Å²) in [6.45, 7) is 11.0. The number of nitrogens with zero attached hydrogens (tertiary/aromatic N) is 2. The summed E-state index contributed by atoms with van der Waals surface area (Å²) in [5.41, 5.74) is -0.501. The number of thiazole rings is 1. The van der Waals surface area contributed by atoms with Crippen LogP contribution in [0, 0.1) is 0 Å². The average Bonchev–Trinajstić information content (AvgIpc) is 3.07. The highest BCUT2D eigenvalue weighted by Crippen LogP contribution is 2.12. The fourth-order valence-electron chi connectivity index (χ4n) is 2.34. The van der Waals surface area contributed by atoms with Crippen LogP contribution < -0.4 is 16.0 Å². The molecule has 0 saturated heterocycles. The van der Waals surface area contributed by atoms with Gasteiger partial charge in [0.2, 0.25) is 0 Å². The van der Waals surface area contributed by atoms with Crippen LogP contribution in [0.2, 0.25) is 0 Å². The molecule has 0 spiro atoms. The molecule has 1 aromatic heterocycles. The van der Waals surface area contributed by atoms with Gasteiger partial charge in [0.15, 0.2) is 5.96 Å². The number of rotatable bonds is 9. The first-order valence-corrected chi connectivity index (χ1v) is 10.5. The van der Waals surface area contributed by atoms with Crippen molar-refractivity contribution in [2.45, 2.75) is 78.5 Å². The van der Waals surface area contributed by atoms with Crippen molar-refractivity contribution in [1.82, 2.24) is 20.9 Å². The minimum absolute atomic E-state index is 0.0752. The average molecular weight is 398 g/mol. The standard InChI is InChI=1S/C19H35N5O2S/c1-7-9-10-14(11-23-18(25)26-19(3,4)5)24-17(20-6)22-13-16-21-12-15(8-2)27-16/h12,14H,7-11,13H2,1-6H3,(H,23,25)(H2,20,22,24). The Kier molecular flexibility index (Phi) is 10.1. The van der Waals surface area contributed by atoms with E-state index in [1.165, 1.54) is 4.88 Å². The summed E-state index contributed by atoms with van der Waals surface area (Å²) >= 11 is 1.71. The summed E-state index contributed by atoms with van der Waals surface area (Å²) in [6, 6.07) is 0.0752. The Hall–Kier alpha value is -1.83. The van der Waals surface area contributed by atoms with E-state index in [0.717, 1.165) is 30.7 Å². The lowest BCUT2D eigenvalue weighted by Gasteiger charge is -2.24. The SMILES string of the molecule is CCCCC(CNC(=O)OC(C)(C)C)NC(=NC)NCc1ncc(CC)s1. The van der Waals surface area contributed by atoms with Crippen molar-refractivity contribution in [3.63, 3.8) is 0 Å². The fraction of sp³-hybridized carbons (Fsp3) is 0.737. The third-order valence-corrected chi connectivity index (χ3v) is 4.86. The van der Waals surface area contributed by atoms with E-state index in [0.29, 0.717) is 19.0 Å². The van der Waals surface area contributed by atoms with Crippen molar-refractivity contribution < 1.29 is 9.53 Å². The number of amides is 1. The van der Waals surface area contributed by atoms with E-state index in [-0.39, 0.29) is 6.04 Å². The molecule has 0 radical (unpaired) electrons. The number of alkyl carbamates (subject to hydrolysis) is 1. The lowest BCUT2D eigenvalue weighted by molar-refractivity contribution is 0.0523. The molecule has 27 heavy (non-hydrogen) atoms. The van der Waals surface area contributed by atoms with E-state index < -0.39 is 11.7 Å². The largest absolute Gasteiger partial charge is 0.444 e. The summed E-state index contributed by atoms with van der Waals surface area (Å²) < 4.78 is 5.31. The minimum atomic E-state index is -0.501. The van der Waals surface area contributed by atoms with E-state index in [9.17, 15) is 4.79 Å². The number of carbonyl (C=O) groups excluding carboxylic acids is 1. The van der Waals surface area contributed by atoms with Crippen LogP contribution >= 0.6 is 11.3 Å². The maximum atomic E-state index is 11.9. The molecule has 0 fully saturated rings. The Morgan fingerprint density at radius 1 is 1.33 bits per heavy atom. The summed E-state index contributed by atoms with van der Waals surface area (Å²) in [7, 11) is 1.74. The van der Waals surface area contributed by atoms with Crippen molar-refractivity contribution in [2.24, 2.45) is 4.99 Å². The van der Waals surface area contributed by atoms with E-state index in [1.54, 1.807) is 18.4 Å². The van der Waals surface area contributed by atoms with Gasteiger partial charge in [-0.1, -0.05) is 26.7 Å². The molecule has 0 saturated carbocycles. The molecular weight excluding hydrogens is 362 g/mol. The first kappa shape index (κ1) is 23.2. The molecule has 1 atom stereocenters. The minimum Gasteiger partial charge on any atom is -0.444 e. The van der Waals surface area contributed by atoms with Gasteiger partial charge in [0, 0.05) is 30.7 Å². The maximum Gasteiger partial charge on any atom is 0.407 e. The van der Waals surface area contributed by atoms with Crippen LogP contribution in [0.25, 0.3) is 0 Å². The molecule has 1 aromatic rings. The molecule has 1 unspecified atom stereocenters. The summed E-state index contributed by atoms with van der Waals surface area (Å²) in [4.78, 5) is 21.9. The highest BCUT2D eigenvalue weighted by Gasteiger charge is 2.18. The van der Waals surface area contributed by atoms with Crippen LogP contribution in [0.15, 0.2) is 11.2 Å². The molecule has 0 aliphatic heterocycles. The van der Waals surface area contributed by atoms with Crippen molar-refractivity contribution in [1.29, 1.82) is 0 Å². The third-order valence-electron chi connectivity index (χ3n) is 3.72. The molecule has 0 bridgehead atoms. The van der Waals surface area contributed by atoms with Gasteiger partial charge < -0.3 is 20.7 Å². The number of ether oxygens (including phenoxy) is 1. The van der Waals surface area contributed by atoms with Crippen LogP contribution in [0.5, 0.6) is 0 Å². The summed E-state index contributed by atoms with van der Waals surface area (Å²) in [5, 5.41) is 10.6. The number of aryl methyl sites for hydroxylation is 1. The predicted molar refractivity (Wildman–Crippen MR) is 112 cm³/mol. The molecule has 7 nitrogen and oxygen atoms in total. The Labute approximate surface area is 167 Å². The predicted octanol–water partition coefficient (Wildman–Crippen LogP) is 3.45. The molecular formula is C19H35N5O2S. The fourth-order valence-corrected chi connectivity index (χ4v) is 3.14. The zero-order chi connectivity index (χ0) is 20.3. The number of carbonyl (C=O) groups is 1. The van der Waals surface area contributed by atoms with Crippen molar-refractivity contribution in [3.8, 4) is 0 Å². The first-order valence-electron chi connectivity index (χ1n) is 9.65. The molecule has 8 heteroatoms. The number of nitrogens with one attached hydrogen (secondary N) is 3. The topological polar surface area (TPSA) is 87.6 Å². The number of guanidine groups is 1. The third kappa shape index (κ3) is 10.2. The van der Waals surface area contributed by atoms with E-state index >= 15 is 0 Å². The summed E-state index contributed by atoms with van der Waals surface area (Å²) in [6.07, 6.45) is 5.62. The second kappa shape index (κ2) is 11.8. The molecule has 0 aliphatic carbocycles. The van der Waals surface area contributed by atoms with Crippen LogP contribution in [0.1, 0.15) is 63.8 Å². The van der Waals surface area contributed by atoms with Gasteiger partial charge in [-0.05, 0) is 33.6 Å². The van der Waals surface area contributed by atoms with Gasteiger partial charge in [-0.2, -0.15) is 0 Å². The van der Waals surface area contributed by atoms with Crippen LogP contribution in [0.4, 0.5) is 4.79 Å². The molecule has 3 N–H and O–H groups in total. The number of aliphatic imine (C=N–C) groups is 1. The van der Waals surface area contributed by atoms with Gasteiger partial charge in [-0.3, -0.25) is 4.99 Å². The van der Waals surface area contributed by atoms with Gasteiger partial charge in [0.25, 0.3) is 0 Å². The number of hydrogen-bond acceptors (Lipinski definition) is 5. The normalized spacial score (nSPS) is 13.2. The quantitative estimate of drug-likeness (QED) is 0.439. The highest BCUT2D eigenvalue weighted by molar-refractivity contribution is 7.11. The molecule has 1 rings (SSSR count). The van der Waals surface area contributed by atoms with E-state index in [2.05, 4.69) is 39.8 Å². The van der Waals surface area contributed by atoms with E-state index in [4.69, 9.17) is 4.74 Å². The number of aromatic nitrogens is 1.